The molecule has 2 heterocycles. The Morgan fingerprint density at radius 2 is 2.10 bits per heavy atom. The fourth-order valence-corrected chi connectivity index (χ4v) is 1.87. The van der Waals surface area contributed by atoms with E-state index in [4.69, 9.17) is 10.5 Å². The number of amides is 1. The van der Waals surface area contributed by atoms with Crippen molar-refractivity contribution in [2.45, 2.75) is 0 Å². The van der Waals surface area contributed by atoms with Crippen molar-refractivity contribution in [2.75, 3.05) is 0 Å². The van der Waals surface area contributed by atoms with Crippen LogP contribution in [-0.2, 0) is 0 Å². The van der Waals surface area contributed by atoms with Gasteiger partial charge in [0.1, 0.15) is 5.52 Å². The maximum absolute atomic E-state index is 13.9. The molecule has 5 nitrogen and oxygen atoms in total. The van der Waals surface area contributed by atoms with Gasteiger partial charge in [0.25, 0.3) is 0 Å². The lowest BCUT2D eigenvalue weighted by Crippen LogP contribution is -2.11. The van der Waals surface area contributed by atoms with Crippen LogP contribution in [-0.4, -0.2) is 15.5 Å². The summed E-state index contributed by atoms with van der Waals surface area (Å²) in [6, 6.07) is 9.08. The molecule has 3 rings (SSSR count). The molecular weight excluding hydrogens is 261 g/mol. The Labute approximate surface area is 113 Å². The molecule has 0 aliphatic rings. The molecule has 20 heavy (non-hydrogen) atoms. The first-order chi connectivity index (χ1) is 9.65. The van der Waals surface area contributed by atoms with E-state index in [0.29, 0.717) is 11.3 Å². The van der Waals surface area contributed by atoms with Crippen LogP contribution in [0.1, 0.15) is 10.4 Å². The van der Waals surface area contributed by atoms with Gasteiger partial charge in [0.05, 0.1) is 6.20 Å². The van der Waals surface area contributed by atoms with Gasteiger partial charge in [-0.2, -0.15) is 5.10 Å². The lowest BCUT2D eigenvalue weighted by Gasteiger charge is -2.08. The first-order valence-corrected chi connectivity index (χ1v) is 5.85. The number of ether oxygens (including phenoxy) is 1. The fraction of sp³-hybridized carbons (Fsp3) is 0. The van der Waals surface area contributed by atoms with E-state index in [0.717, 1.165) is 6.07 Å². The number of carbonyl (C=O) groups excluding carboxylic acids is 1. The minimum Gasteiger partial charge on any atom is -0.452 e. The molecule has 0 fully saturated rings. The summed E-state index contributed by atoms with van der Waals surface area (Å²) in [7, 11) is 0. The minimum absolute atomic E-state index is 0.0179. The standard InChI is InChI=1S/C14H10FN3O2/c15-10-8-9(14(16)19)3-4-12(10)20-13-5-6-17-18-7-1-2-11(13)18/h1-8H,(H2,16,19). The number of benzene rings is 1. The molecule has 0 aliphatic carbocycles. The Morgan fingerprint density at radius 1 is 1.25 bits per heavy atom. The predicted molar refractivity (Wildman–Crippen MR) is 70.2 cm³/mol. The molecule has 0 saturated heterocycles. The zero-order valence-electron chi connectivity index (χ0n) is 10.3. The molecule has 1 amide bonds. The maximum atomic E-state index is 13.9. The highest BCUT2D eigenvalue weighted by Crippen LogP contribution is 2.28. The Morgan fingerprint density at radius 3 is 2.85 bits per heavy atom. The van der Waals surface area contributed by atoms with Crippen LogP contribution in [0.25, 0.3) is 5.52 Å². The zero-order valence-corrected chi connectivity index (χ0v) is 10.3. The highest BCUT2D eigenvalue weighted by molar-refractivity contribution is 5.92. The second-order valence-corrected chi connectivity index (χ2v) is 4.14. The van der Waals surface area contributed by atoms with Crippen LogP contribution in [0.15, 0.2) is 48.8 Å². The van der Waals surface area contributed by atoms with Crippen LogP contribution in [0.2, 0.25) is 0 Å². The molecule has 3 aromatic rings. The fourth-order valence-electron chi connectivity index (χ4n) is 1.87. The van der Waals surface area contributed by atoms with E-state index in [1.807, 2.05) is 6.07 Å². The van der Waals surface area contributed by atoms with Crippen LogP contribution in [0, 0.1) is 5.82 Å². The molecule has 0 aliphatic heterocycles. The molecule has 2 N–H and O–H groups in total. The van der Waals surface area contributed by atoms with Gasteiger partial charge in [0.15, 0.2) is 17.3 Å². The number of hydrogen-bond donors (Lipinski definition) is 1. The number of rotatable bonds is 3. The molecule has 6 heteroatoms. The number of halogens is 1. The number of nitrogens with zero attached hydrogens (tertiary/aromatic N) is 2. The lowest BCUT2D eigenvalue weighted by atomic mass is 10.2. The Balaban J connectivity index is 1.99. The summed E-state index contributed by atoms with van der Waals surface area (Å²) in [6.45, 7) is 0. The van der Waals surface area contributed by atoms with Crippen LogP contribution in [0.5, 0.6) is 11.5 Å². The van der Waals surface area contributed by atoms with E-state index in [-0.39, 0.29) is 11.3 Å². The topological polar surface area (TPSA) is 69.6 Å². The van der Waals surface area contributed by atoms with Crippen molar-refractivity contribution in [2.24, 2.45) is 5.73 Å². The van der Waals surface area contributed by atoms with Crippen molar-refractivity contribution in [1.29, 1.82) is 0 Å². The van der Waals surface area contributed by atoms with Gasteiger partial charge in [-0.05, 0) is 30.3 Å². The largest absolute Gasteiger partial charge is 0.452 e. The van der Waals surface area contributed by atoms with Crippen molar-refractivity contribution >= 4 is 11.4 Å². The molecule has 0 bridgehead atoms. The maximum Gasteiger partial charge on any atom is 0.248 e. The summed E-state index contributed by atoms with van der Waals surface area (Å²) in [5.41, 5.74) is 5.90. The molecule has 100 valence electrons. The van der Waals surface area contributed by atoms with Crippen LogP contribution in [0.4, 0.5) is 4.39 Å². The van der Waals surface area contributed by atoms with Crippen molar-refractivity contribution < 1.29 is 13.9 Å². The lowest BCUT2D eigenvalue weighted by molar-refractivity contribution is 0.1000. The summed E-state index contributed by atoms with van der Waals surface area (Å²) in [5.74, 6) is -0.851. The Kier molecular flexibility index (Phi) is 2.83. The molecule has 2 aromatic heterocycles. The van der Waals surface area contributed by atoms with E-state index in [9.17, 15) is 9.18 Å². The summed E-state index contributed by atoms with van der Waals surface area (Å²) in [5, 5.41) is 4.08. The number of carbonyl (C=O) groups is 1. The van der Waals surface area contributed by atoms with E-state index in [1.165, 1.54) is 12.1 Å². The summed E-state index contributed by atoms with van der Waals surface area (Å²) >= 11 is 0. The number of fused-ring (bicyclic) bond motifs is 1. The predicted octanol–water partition coefficient (Wildman–Crippen LogP) is 2.36. The van der Waals surface area contributed by atoms with E-state index >= 15 is 0 Å². The number of nitrogens with two attached hydrogens (primary N) is 1. The first kappa shape index (κ1) is 12.2. The van der Waals surface area contributed by atoms with E-state index in [1.54, 1.807) is 29.0 Å². The van der Waals surface area contributed by atoms with Gasteiger partial charge >= 0.3 is 0 Å². The van der Waals surface area contributed by atoms with Crippen LogP contribution < -0.4 is 10.5 Å². The van der Waals surface area contributed by atoms with Gasteiger partial charge in [-0.1, -0.05) is 0 Å². The molecule has 0 atom stereocenters. The third kappa shape index (κ3) is 2.07. The Bertz CT molecular complexity index is 798. The number of aromatic nitrogens is 2. The van der Waals surface area contributed by atoms with E-state index < -0.39 is 11.7 Å². The van der Waals surface area contributed by atoms with Crippen molar-refractivity contribution in [3.63, 3.8) is 0 Å². The minimum atomic E-state index is -0.687. The van der Waals surface area contributed by atoms with Gasteiger partial charge in [0.2, 0.25) is 5.91 Å². The third-order valence-electron chi connectivity index (χ3n) is 2.83. The van der Waals surface area contributed by atoms with Gasteiger partial charge in [0, 0.05) is 17.8 Å². The van der Waals surface area contributed by atoms with E-state index in [2.05, 4.69) is 5.10 Å². The highest BCUT2D eigenvalue weighted by atomic mass is 19.1. The van der Waals surface area contributed by atoms with Crippen molar-refractivity contribution in [3.8, 4) is 11.5 Å². The first-order valence-electron chi connectivity index (χ1n) is 5.85. The van der Waals surface area contributed by atoms with Gasteiger partial charge in [-0.25, -0.2) is 8.91 Å². The number of hydrogen-bond acceptors (Lipinski definition) is 3. The number of primary amides is 1. The summed E-state index contributed by atoms with van der Waals surface area (Å²) in [4.78, 5) is 11.0. The average molecular weight is 271 g/mol. The van der Waals surface area contributed by atoms with Crippen molar-refractivity contribution in [1.82, 2.24) is 9.61 Å². The molecule has 0 radical (unpaired) electrons. The molecular formula is C14H10FN3O2. The summed E-state index contributed by atoms with van der Waals surface area (Å²) < 4.78 is 21.0. The van der Waals surface area contributed by atoms with Gasteiger partial charge in [-0.3, -0.25) is 4.79 Å². The molecule has 1 aromatic carbocycles. The van der Waals surface area contributed by atoms with Crippen molar-refractivity contribution in [3.05, 3.63) is 60.2 Å². The average Bonchev–Trinajstić information content (AvgIpc) is 2.90. The molecule has 0 spiro atoms. The Hall–Kier alpha value is -2.89. The van der Waals surface area contributed by atoms with Gasteiger partial charge in [-0.15, -0.1) is 0 Å². The zero-order chi connectivity index (χ0) is 14.1. The normalized spacial score (nSPS) is 10.7. The molecule has 0 unspecified atom stereocenters. The van der Waals surface area contributed by atoms with Crippen LogP contribution >= 0.6 is 0 Å². The summed E-state index contributed by atoms with van der Waals surface area (Å²) in [6.07, 6.45) is 3.31. The second-order valence-electron chi connectivity index (χ2n) is 4.14. The SMILES string of the molecule is NC(=O)c1ccc(Oc2ccnn3cccc23)c(F)c1. The van der Waals surface area contributed by atoms with Crippen LogP contribution in [0.3, 0.4) is 0 Å². The van der Waals surface area contributed by atoms with Gasteiger partial charge < -0.3 is 10.5 Å². The monoisotopic (exact) mass is 271 g/mol. The quantitative estimate of drug-likeness (QED) is 0.795. The highest BCUT2D eigenvalue weighted by Gasteiger charge is 2.10. The third-order valence-corrected chi connectivity index (χ3v) is 2.83. The second kappa shape index (κ2) is 4.65. The molecule has 0 saturated carbocycles. The smallest absolute Gasteiger partial charge is 0.248 e.